The lowest BCUT2D eigenvalue weighted by molar-refractivity contribution is -0.138. The second kappa shape index (κ2) is 13.5. The minimum absolute atomic E-state index is 0.451. The predicted molar refractivity (Wildman–Crippen MR) is 109 cm³/mol. The van der Waals surface area contributed by atoms with Gasteiger partial charge in [-0.15, -0.1) is 0 Å². The number of aliphatic carboxylic acids is 1. The van der Waals surface area contributed by atoms with Crippen molar-refractivity contribution in [3.63, 3.8) is 0 Å². The van der Waals surface area contributed by atoms with Gasteiger partial charge in [-0.2, -0.15) is 0 Å². The average molecular weight is 381 g/mol. The summed E-state index contributed by atoms with van der Waals surface area (Å²) in [6, 6.07) is 3.45. The fourth-order valence-electron chi connectivity index (χ4n) is 2.93. The van der Waals surface area contributed by atoms with Crippen LogP contribution in [0.25, 0.3) is 0 Å². The van der Waals surface area contributed by atoms with E-state index < -0.39 is 12.0 Å². The molecule has 1 heterocycles. The van der Waals surface area contributed by atoms with Gasteiger partial charge in [-0.05, 0) is 57.2 Å². The summed E-state index contributed by atoms with van der Waals surface area (Å²) in [5, 5.41) is 12.1. The Morgan fingerprint density at radius 3 is 2.70 bits per heavy atom. The van der Waals surface area contributed by atoms with Crippen molar-refractivity contribution in [2.24, 2.45) is 5.73 Å². The molecule has 27 heavy (non-hydrogen) atoms. The number of unbranched alkanes of at least 4 members (excludes halogenated alkanes) is 1. The van der Waals surface area contributed by atoms with Crippen LogP contribution in [0.4, 0.5) is 5.82 Å². The molecule has 0 bridgehead atoms. The summed E-state index contributed by atoms with van der Waals surface area (Å²) in [7, 11) is 1.91. The number of anilines is 1. The Morgan fingerprint density at radius 2 is 2.07 bits per heavy atom. The van der Waals surface area contributed by atoms with Gasteiger partial charge in [0.05, 0.1) is 6.61 Å². The quantitative estimate of drug-likeness (QED) is 0.401. The zero-order chi connectivity index (χ0) is 20.1. The van der Waals surface area contributed by atoms with Crippen LogP contribution in [0.15, 0.2) is 12.1 Å². The smallest absolute Gasteiger partial charge is 0.320 e. The number of nitrogens with one attached hydrogen (secondary N) is 1. The minimum Gasteiger partial charge on any atom is -0.480 e. The fourth-order valence-corrected chi connectivity index (χ4v) is 2.93. The second-order valence-electron chi connectivity index (χ2n) is 6.64. The van der Waals surface area contributed by atoms with Gasteiger partial charge < -0.3 is 25.8 Å². The summed E-state index contributed by atoms with van der Waals surface area (Å²) in [6.45, 7) is 7.83. The van der Waals surface area contributed by atoms with Gasteiger partial charge in [-0.1, -0.05) is 13.0 Å². The molecule has 4 N–H and O–H groups in total. The molecule has 1 unspecified atom stereocenters. The van der Waals surface area contributed by atoms with Crippen LogP contribution in [0, 0.1) is 0 Å². The minimum atomic E-state index is -0.943. The summed E-state index contributed by atoms with van der Waals surface area (Å²) < 4.78 is 5.44. The first-order valence-corrected chi connectivity index (χ1v) is 9.96. The first kappa shape index (κ1) is 23.3. The average Bonchev–Trinajstić information content (AvgIpc) is 2.68. The molecule has 0 radical (unpaired) electrons. The van der Waals surface area contributed by atoms with Gasteiger partial charge in [-0.25, -0.2) is 4.98 Å². The third-order valence-corrected chi connectivity index (χ3v) is 4.64. The summed E-state index contributed by atoms with van der Waals surface area (Å²) >= 11 is 0. The van der Waals surface area contributed by atoms with E-state index in [9.17, 15) is 4.79 Å². The number of pyridine rings is 1. The van der Waals surface area contributed by atoms with Gasteiger partial charge in [0.15, 0.2) is 0 Å². The van der Waals surface area contributed by atoms with E-state index in [1.54, 1.807) is 0 Å². The van der Waals surface area contributed by atoms with E-state index in [-0.39, 0.29) is 0 Å². The Kier molecular flexibility index (Phi) is 11.6. The summed E-state index contributed by atoms with van der Waals surface area (Å²) in [5.74, 6) is 0.0256. The number of aromatic nitrogens is 1. The molecule has 154 valence electrons. The van der Waals surface area contributed by atoms with Crippen LogP contribution in [0.5, 0.6) is 0 Å². The molecule has 0 amide bonds. The van der Waals surface area contributed by atoms with Gasteiger partial charge >= 0.3 is 5.97 Å². The molecular formula is C20H36N4O3. The molecule has 0 spiro atoms. The number of ether oxygens (including phenoxy) is 1. The number of hydrogen-bond donors (Lipinski definition) is 3. The normalized spacial score (nSPS) is 12.3. The van der Waals surface area contributed by atoms with Crippen molar-refractivity contribution >= 4 is 11.8 Å². The molecule has 0 aliphatic rings. The molecule has 1 aromatic heterocycles. The number of carboxylic acid groups (broad SMARTS) is 1. The molecule has 7 heteroatoms. The highest BCUT2D eigenvalue weighted by Crippen LogP contribution is 2.15. The molecule has 1 aromatic rings. The monoisotopic (exact) mass is 380 g/mol. The Hall–Kier alpha value is -1.70. The molecule has 0 saturated carbocycles. The maximum atomic E-state index is 10.9. The van der Waals surface area contributed by atoms with E-state index in [1.165, 1.54) is 5.56 Å². The van der Waals surface area contributed by atoms with Crippen molar-refractivity contribution in [3.8, 4) is 0 Å². The largest absolute Gasteiger partial charge is 0.480 e. The van der Waals surface area contributed by atoms with E-state index in [4.69, 9.17) is 20.6 Å². The fraction of sp³-hybridized carbons (Fsp3) is 0.700. The van der Waals surface area contributed by atoms with Crippen molar-refractivity contribution in [1.29, 1.82) is 0 Å². The molecular weight excluding hydrogens is 344 g/mol. The van der Waals surface area contributed by atoms with Crippen LogP contribution in [0.2, 0.25) is 0 Å². The van der Waals surface area contributed by atoms with Crippen LogP contribution in [0.1, 0.15) is 44.4 Å². The van der Waals surface area contributed by atoms with Crippen molar-refractivity contribution in [1.82, 2.24) is 9.88 Å². The molecule has 1 rings (SSSR count). The highest BCUT2D eigenvalue weighted by atomic mass is 16.5. The molecule has 7 nitrogen and oxygen atoms in total. The Balaban J connectivity index is 2.43. The lowest BCUT2D eigenvalue weighted by Crippen LogP contribution is -2.37. The zero-order valence-corrected chi connectivity index (χ0v) is 17.0. The number of carbonyl (C=O) groups is 1. The molecule has 0 aliphatic heterocycles. The lowest BCUT2D eigenvalue weighted by Gasteiger charge is -2.23. The third-order valence-electron chi connectivity index (χ3n) is 4.64. The highest BCUT2D eigenvalue weighted by Gasteiger charge is 2.14. The van der Waals surface area contributed by atoms with E-state index in [2.05, 4.69) is 29.3 Å². The standard InChI is InChI=1S/C20H36N4O3/c1-4-16-9-10-17(23-19(16)22-3)8-6-7-12-24(14-15-27-5-2)13-11-18(21)20(25)26/h9-10,18H,4-8,11-15,21H2,1-3H3,(H,22,23)(H,25,26). The van der Waals surface area contributed by atoms with Crippen molar-refractivity contribution in [2.45, 2.75) is 52.0 Å². The van der Waals surface area contributed by atoms with Gasteiger partial charge in [0, 0.05) is 32.4 Å². The van der Waals surface area contributed by atoms with E-state index in [0.717, 1.165) is 50.3 Å². The van der Waals surface area contributed by atoms with Crippen LogP contribution < -0.4 is 11.1 Å². The first-order valence-electron chi connectivity index (χ1n) is 9.96. The molecule has 0 saturated heterocycles. The molecule has 1 atom stereocenters. The Bertz CT molecular complexity index is 554. The van der Waals surface area contributed by atoms with Gasteiger partial charge in [0.25, 0.3) is 0 Å². The van der Waals surface area contributed by atoms with Crippen LogP contribution in [-0.4, -0.2) is 66.9 Å². The van der Waals surface area contributed by atoms with Gasteiger partial charge in [-0.3, -0.25) is 4.79 Å². The number of hydrogen-bond acceptors (Lipinski definition) is 6. The first-order chi connectivity index (χ1) is 13.0. The number of nitrogens with two attached hydrogens (primary N) is 1. The SMILES string of the molecule is CCOCCN(CCCCc1ccc(CC)c(NC)n1)CCC(N)C(=O)O. The van der Waals surface area contributed by atoms with E-state index in [0.29, 0.717) is 26.2 Å². The Morgan fingerprint density at radius 1 is 1.30 bits per heavy atom. The number of rotatable bonds is 15. The summed E-state index contributed by atoms with van der Waals surface area (Å²) in [4.78, 5) is 17.8. The summed E-state index contributed by atoms with van der Waals surface area (Å²) in [6.07, 6.45) is 4.43. The zero-order valence-electron chi connectivity index (χ0n) is 17.0. The highest BCUT2D eigenvalue weighted by molar-refractivity contribution is 5.72. The molecule has 0 aliphatic carbocycles. The second-order valence-corrected chi connectivity index (χ2v) is 6.64. The Labute approximate surface area is 163 Å². The van der Waals surface area contributed by atoms with E-state index >= 15 is 0 Å². The summed E-state index contributed by atoms with van der Waals surface area (Å²) in [5.41, 5.74) is 7.97. The van der Waals surface area contributed by atoms with Gasteiger partial charge in [0.1, 0.15) is 11.9 Å². The van der Waals surface area contributed by atoms with Crippen LogP contribution in [0.3, 0.4) is 0 Å². The van der Waals surface area contributed by atoms with Gasteiger partial charge in [0.2, 0.25) is 0 Å². The predicted octanol–water partition coefficient (Wildman–Crippen LogP) is 2.15. The van der Waals surface area contributed by atoms with Crippen molar-refractivity contribution in [3.05, 3.63) is 23.4 Å². The van der Waals surface area contributed by atoms with Crippen molar-refractivity contribution in [2.75, 3.05) is 45.2 Å². The maximum Gasteiger partial charge on any atom is 0.320 e. The topological polar surface area (TPSA) is 101 Å². The number of carboxylic acids is 1. The number of aryl methyl sites for hydroxylation is 2. The maximum absolute atomic E-state index is 10.9. The third kappa shape index (κ3) is 9.17. The van der Waals surface area contributed by atoms with Crippen LogP contribution >= 0.6 is 0 Å². The number of nitrogens with zero attached hydrogens (tertiary/aromatic N) is 2. The molecule has 0 aromatic carbocycles. The molecule has 0 fully saturated rings. The van der Waals surface area contributed by atoms with E-state index in [1.807, 2.05) is 14.0 Å². The van der Waals surface area contributed by atoms with Crippen LogP contribution in [-0.2, 0) is 22.4 Å². The van der Waals surface area contributed by atoms with Crippen molar-refractivity contribution < 1.29 is 14.6 Å². The lowest BCUT2D eigenvalue weighted by atomic mass is 10.1.